The normalized spacial score (nSPS) is 22.4. The van der Waals surface area contributed by atoms with E-state index < -0.39 is 11.5 Å². The standard InChI is InChI=1S/C24H33ClN2O3/c1-16(2)20-15-27(13-12-22(28)29)23(30)26-24(20,3)19-11-10-18(21(25)14-19)9-8-17-6-4-5-7-17/h10-11,14-17H,4-9,12-13H2,1-3H3,(H,26,30)(H,28,29)/t24-/m0/s1. The molecule has 3 rings (SSSR count). The number of benzene rings is 1. The average molecular weight is 433 g/mol. The summed E-state index contributed by atoms with van der Waals surface area (Å²) in [6, 6.07) is 5.86. The maximum atomic E-state index is 12.7. The second kappa shape index (κ2) is 9.42. The van der Waals surface area contributed by atoms with E-state index in [1.807, 2.05) is 19.2 Å². The van der Waals surface area contributed by atoms with Crippen LogP contribution in [0.4, 0.5) is 4.79 Å². The summed E-state index contributed by atoms with van der Waals surface area (Å²) in [5, 5.41) is 12.8. The molecule has 30 heavy (non-hydrogen) atoms. The van der Waals surface area contributed by atoms with Crippen LogP contribution in [0.5, 0.6) is 0 Å². The van der Waals surface area contributed by atoms with Crippen LogP contribution < -0.4 is 5.32 Å². The molecule has 0 bridgehead atoms. The van der Waals surface area contributed by atoms with E-state index in [1.165, 1.54) is 37.0 Å². The summed E-state index contributed by atoms with van der Waals surface area (Å²) in [6.45, 7) is 6.30. The fourth-order valence-electron chi connectivity index (χ4n) is 4.78. The number of nitrogens with one attached hydrogen (secondary N) is 1. The summed E-state index contributed by atoms with van der Waals surface area (Å²) in [7, 11) is 0. The van der Waals surface area contributed by atoms with Gasteiger partial charge in [0.05, 0.1) is 12.0 Å². The Balaban J connectivity index is 1.83. The van der Waals surface area contributed by atoms with Gasteiger partial charge in [0.2, 0.25) is 0 Å². The van der Waals surface area contributed by atoms with Gasteiger partial charge in [0.15, 0.2) is 0 Å². The molecule has 2 amide bonds. The van der Waals surface area contributed by atoms with Crippen molar-refractivity contribution in [1.82, 2.24) is 10.2 Å². The topological polar surface area (TPSA) is 69.6 Å². The summed E-state index contributed by atoms with van der Waals surface area (Å²) < 4.78 is 0. The Morgan fingerprint density at radius 1 is 1.33 bits per heavy atom. The van der Waals surface area contributed by atoms with Crippen molar-refractivity contribution in [2.75, 3.05) is 6.54 Å². The highest BCUT2D eigenvalue weighted by Crippen LogP contribution is 2.39. The number of carboxylic acid groups (broad SMARTS) is 1. The highest BCUT2D eigenvalue weighted by Gasteiger charge is 2.39. The molecule has 0 saturated heterocycles. The minimum atomic E-state index is -0.921. The van der Waals surface area contributed by atoms with Crippen molar-refractivity contribution in [2.45, 2.75) is 71.3 Å². The van der Waals surface area contributed by atoms with Gasteiger partial charge in [0, 0.05) is 17.8 Å². The van der Waals surface area contributed by atoms with Gasteiger partial charge in [-0.1, -0.05) is 63.3 Å². The van der Waals surface area contributed by atoms with Crippen molar-refractivity contribution >= 4 is 23.6 Å². The average Bonchev–Trinajstić information content (AvgIpc) is 3.19. The van der Waals surface area contributed by atoms with Crippen molar-refractivity contribution in [3.05, 3.63) is 46.1 Å². The Morgan fingerprint density at radius 2 is 2.03 bits per heavy atom. The van der Waals surface area contributed by atoms with Crippen molar-refractivity contribution in [3.63, 3.8) is 0 Å². The van der Waals surface area contributed by atoms with Crippen LogP contribution in [0.2, 0.25) is 5.02 Å². The smallest absolute Gasteiger partial charge is 0.322 e. The number of aliphatic carboxylic acids is 1. The molecule has 1 heterocycles. The number of carbonyl (C=O) groups excluding carboxylic acids is 1. The van der Waals surface area contributed by atoms with Crippen molar-refractivity contribution in [3.8, 4) is 0 Å². The van der Waals surface area contributed by atoms with E-state index in [0.29, 0.717) is 0 Å². The van der Waals surface area contributed by atoms with Crippen molar-refractivity contribution in [2.24, 2.45) is 11.8 Å². The quantitative estimate of drug-likeness (QED) is 0.552. The third-order valence-corrected chi connectivity index (χ3v) is 6.96. The first-order valence-corrected chi connectivity index (χ1v) is 11.4. The number of aryl methyl sites for hydroxylation is 1. The van der Waals surface area contributed by atoms with Gasteiger partial charge < -0.3 is 15.3 Å². The van der Waals surface area contributed by atoms with Gasteiger partial charge in [-0.3, -0.25) is 4.79 Å². The molecule has 1 saturated carbocycles. The van der Waals surface area contributed by atoms with E-state index in [0.717, 1.165) is 34.1 Å². The van der Waals surface area contributed by atoms with Gasteiger partial charge in [-0.25, -0.2) is 4.79 Å². The molecular formula is C24H33ClN2O3. The van der Waals surface area contributed by atoms with Gasteiger partial charge in [0.1, 0.15) is 0 Å². The number of nitrogens with zero attached hydrogens (tertiary/aromatic N) is 1. The Morgan fingerprint density at radius 3 is 2.63 bits per heavy atom. The summed E-state index contributed by atoms with van der Waals surface area (Å²) in [5.41, 5.74) is 2.46. The molecule has 0 spiro atoms. The molecule has 0 unspecified atom stereocenters. The molecule has 2 aliphatic rings. The largest absolute Gasteiger partial charge is 0.481 e. The number of urea groups is 1. The van der Waals surface area contributed by atoms with Gasteiger partial charge in [-0.2, -0.15) is 0 Å². The zero-order chi connectivity index (χ0) is 21.9. The van der Waals surface area contributed by atoms with Gasteiger partial charge in [0.25, 0.3) is 0 Å². The highest BCUT2D eigenvalue weighted by molar-refractivity contribution is 6.31. The van der Waals surface area contributed by atoms with Crippen LogP contribution in [0.1, 0.15) is 70.4 Å². The van der Waals surface area contributed by atoms with E-state index in [-0.39, 0.29) is 24.9 Å². The number of carboxylic acids is 1. The van der Waals surface area contributed by atoms with Crippen molar-refractivity contribution in [1.29, 1.82) is 0 Å². The molecule has 1 aliphatic carbocycles. The van der Waals surface area contributed by atoms with Crippen LogP contribution >= 0.6 is 11.6 Å². The predicted octanol–water partition coefficient (Wildman–Crippen LogP) is 5.72. The van der Waals surface area contributed by atoms with E-state index in [9.17, 15) is 9.59 Å². The summed E-state index contributed by atoms with van der Waals surface area (Å²) in [5.74, 6) is 0.0718. The first-order valence-electron chi connectivity index (χ1n) is 11.0. The first-order chi connectivity index (χ1) is 14.2. The van der Waals surface area contributed by atoms with Crippen LogP contribution in [0.3, 0.4) is 0 Å². The molecular weight excluding hydrogens is 400 g/mol. The van der Waals surface area contributed by atoms with Crippen LogP contribution in [0.15, 0.2) is 30.0 Å². The molecule has 1 aliphatic heterocycles. The lowest BCUT2D eigenvalue weighted by Gasteiger charge is -2.42. The van der Waals surface area contributed by atoms with E-state index in [4.69, 9.17) is 16.7 Å². The van der Waals surface area contributed by atoms with Crippen molar-refractivity contribution < 1.29 is 14.7 Å². The van der Waals surface area contributed by atoms with Crippen LogP contribution in [0.25, 0.3) is 0 Å². The molecule has 164 valence electrons. The molecule has 0 radical (unpaired) electrons. The lowest BCUT2D eigenvalue weighted by molar-refractivity contribution is -0.137. The lowest BCUT2D eigenvalue weighted by atomic mass is 9.78. The SMILES string of the molecule is CC(C)C1=CN(CCC(=O)O)C(=O)N[C@@]1(C)c1ccc(CCC2CCCC2)c(Cl)c1. The molecule has 6 heteroatoms. The minimum Gasteiger partial charge on any atom is -0.481 e. The zero-order valence-electron chi connectivity index (χ0n) is 18.2. The summed E-state index contributed by atoms with van der Waals surface area (Å²) >= 11 is 6.67. The zero-order valence-corrected chi connectivity index (χ0v) is 19.0. The van der Waals surface area contributed by atoms with Crippen LogP contribution in [0, 0.1) is 11.8 Å². The maximum Gasteiger partial charge on any atom is 0.322 e. The number of hydrogen-bond acceptors (Lipinski definition) is 2. The van der Waals surface area contributed by atoms with Gasteiger partial charge >= 0.3 is 12.0 Å². The predicted molar refractivity (Wildman–Crippen MR) is 119 cm³/mol. The van der Waals surface area contributed by atoms with E-state index >= 15 is 0 Å². The second-order valence-electron chi connectivity index (χ2n) is 9.13. The summed E-state index contributed by atoms with van der Waals surface area (Å²) in [6.07, 6.45) is 9.27. The number of amides is 2. The minimum absolute atomic E-state index is 0.0898. The van der Waals surface area contributed by atoms with E-state index in [2.05, 4.69) is 31.3 Å². The Bertz CT molecular complexity index is 830. The number of rotatable bonds is 8. The monoisotopic (exact) mass is 432 g/mol. The lowest BCUT2D eigenvalue weighted by Crippen LogP contribution is -2.55. The molecule has 1 fully saturated rings. The van der Waals surface area contributed by atoms with Crippen LogP contribution in [-0.2, 0) is 16.8 Å². The van der Waals surface area contributed by atoms with Gasteiger partial charge in [-0.05, 0) is 54.4 Å². The molecule has 2 N–H and O–H groups in total. The highest BCUT2D eigenvalue weighted by atomic mass is 35.5. The molecule has 1 aromatic rings. The number of hydrogen-bond donors (Lipinski definition) is 2. The molecule has 1 atom stereocenters. The number of carbonyl (C=O) groups is 2. The Labute approximate surface area is 184 Å². The molecule has 0 aromatic heterocycles. The third kappa shape index (κ3) is 5.00. The fourth-order valence-corrected chi connectivity index (χ4v) is 5.06. The van der Waals surface area contributed by atoms with Crippen LogP contribution in [-0.4, -0.2) is 28.6 Å². The fraction of sp³-hybridized carbons (Fsp3) is 0.583. The van der Waals surface area contributed by atoms with Gasteiger partial charge in [-0.15, -0.1) is 0 Å². The molecule has 5 nitrogen and oxygen atoms in total. The molecule has 1 aromatic carbocycles. The summed E-state index contributed by atoms with van der Waals surface area (Å²) in [4.78, 5) is 25.1. The second-order valence-corrected chi connectivity index (χ2v) is 9.53. The Kier molecular flexibility index (Phi) is 7.12. The first kappa shape index (κ1) is 22.7. The third-order valence-electron chi connectivity index (χ3n) is 6.61. The number of halogens is 1. The van der Waals surface area contributed by atoms with E-state index in [1.54, 1.807) is 0 Å². The Hall–Kier alpha value is -2.01. The maximum absolute atomic E-state index is 12.7.